The number of rotatable bonds is 7. The predicted octanol–water partition coefficient (Wildman–Crippen LogP) is 5.62. The molecular formula is C25H30Cl3N5O2. The highest BCUT2D eigenvalue weighted by Crippen LogP contribution is 2.38. The van der Waals surface area contributed by atoms with Gasteiger partial charge < -0.3 is 20.2 Å². The van der Waals surface area contributed by atoms with Gasteiger partial charge in [-0.25, -0.2) is 4.98 Å². The van der Waals surface area contributed by atoms with Crippen LogP contribution in [0.4, 0.5) is 11.8 Å². The minimum absolute atomic E-state index is 0.107. The monoisotopic (exact) mass is 537 g/mol. The average Bonchev–Trinajstić information content (AvgIpc) is 2.74. The van der Waals surface area contributed by atoms with Gasteiger partial charge in [0.25, 0.3) is 0 Å². The quantitative estimate of drug-likeness (QED) is 0.473. The maximum Gasteiger partial charge on any atom is 0.306 e. The van der Waals surface area contributed by atoms with Crippen molar-refractivity contribution in [2.24, 2.45) is 17.8 Å². The van der Waals surface area contributed by atoms with Crippen LogP contribution in [0.3, 0.4) is 0 Å². The van der Waals surface area contributed by atoms with Crippen LogP contribution in [0.25, 0.3) is 0 Å². The van der Waals surface area contributed by atoms with E-state index in [4.69, 9.17) is 39.8 Å². The number of carbonyl (C=O) groups is 1. The molecule has 2 saturated heterocycles. The maximum atomic E-state index is 11.2. The van der Waals surface area contributed by atoms with Crippen molar-refractivity contribution in [1.29, 1.82) is 0 Å². The molecule has 0 unspecified atom stereocenters. The van der Waals surface area contributed by atoms with Gasteiger partial charge in [-0.15, -0.1) is 0 Å². The van der Waals surface area contributed by atoms with E-state index < -0.39 is 5.97 Å². The van der Waals surface area contributed by atoms with Crippen LogP contribution in [0.2, 0.25) is 15.1 Å². The lowest BCUT2D eigenvalue weighted by Gasteiger charge is -2.50. The smallest absolute Gasteiger partial charge is 0.306 e. The number of likely N-dealkylation sites (tertiary alicyclic amines) is 1. The lowest BCUT2D eigenvalue weighted by atomic mass is 9.76. The molecule has 2 atom stereocenters. The molecule has 3 fully saturated rings. The molecule has 35 heavy (non-hydrogen) atoms. The summed E-state index contributed by atoms with van der Waals surface area (Å²) in [7, 11) is 0. The van der Waals surface area contributed by atoms with Crippen molar-refractivity contribution in [3.8, 4) is 0 Å². The molecule has 188 valence electrons. The standard InChI is InChI=1S/C25H30Cl3N5O2/c1-14(20-5-4-18(26)9-21(20)27)30-23-22(28)10-29-25(31-23)33-12-17(13-33)15-3-2-6-32(11-15)19-7-16(8-19)24(34)35/h4-5,9-10,14-17,19H,2-3,6-8,11-13H2,1H3,(H,34,35)(H,29,30,31)/t14-,15+,16?,19?/m1/s1. The van der Waals surface area contributed by atoms with Crippen LogP contribution in [0, 0.1) is 17.8 Å². The molecule has 2 aromatic rings. The zero-order chi connectivity index (χ0) is 24.7. The van der Waals surface area contributed by atoms with E-state index in [1.165, 1.54) is 12.8 Å². The molecule has 3 heterocycles. The molecule has 5 rings (SSSR count). The molecule has 0 spiro atoms. The van der Waals surface area contributed by atoms with E-state index in [0.29, 0.717) is 44.7 Å². The van der Waals surface area contributed by atoms with E-state index in [2.05, 4.69) is 20.1 Å². The lowest BCUT2D eigenvalue weighted by Crippen LogP contribution is -2.56. The van der Waals surface area contributed by atoms with Crippen LogP contribution in [0.5, 0.6) is 0 Å². The number of aliphatic carboxylic acids is 1. The van der Waals surface area contributed by atoms with E-state index in [1.54, 1.807) is 12.3 Å². The minimum Gasteiger partial charge on any atom is -0.481 e. The van der Waals surface area contributed by atoms with Crippen molar-refractivity contribution in [3.05, 3.63) is 45.0 Å². The molecule has 7 nitrogen and oxygen atoms in total. The van der Waals surface area contributed by atoms with E-state index >= 15 is 0 Å². The first-order valence-corrected chi connectivity index (χ1v) is 13.4. The molecule has 10 heteroatoms. The van der Waals surface area contributed by atoms with Gasteiger partial charge in [0.2, 0.25) is 5.95 Å². The van der Waals surface area contributed by atoms with Crippen LogP contribution >= 0.6 is 34.8 Å². The highest BCUT2D eigenvalue weighted by Gasteiger charge is 2.42. The SMILES string of the molecule is C[C@@H](Nc1nc(N2CC([C@H]3CCCN(C4CC(C(=O)O)C4)C3)C2)ncc1Cl)c1ccc(Cl)cc1Cl. The zero-order valence-electron chi connectivity index (χ0n) is 19.6. The molecule has 0 amide bonds. The highest BCUT2D eigenvalue weighted by molar-refractivity contribution is 6.35. The third-order valence-electron chi connectivity index (χ3n) is 7.84. The van der Waals surface area contributed by atoms with Gasteiger partial charge in [0.05, 0.1) is 18.2 Å². The van der Waals surface area contributed by atoms with Gasteiger partial charge in [0.1, 0.15) is 5.02 Å². The van der Waals surface area contributed by atoms with Gasteiger partial charge in [0, 0.05) is 35.7 Å². The summed E-state index contributed by atoms with van der Waals surface area (Å²) < 4.78 is 0. The van der Waals surface area contributed by atoms with Crippen LogP contribution in [-0.2, 0) is 4.79 Å². The fraction of sp³-hybridized carbons (Fsp3) is 0.560. The number of hydrogen-bond donors (Lipinski definition) is 2. The number of carboxylic acid groups (broad SMARTS) is 1. The van der Waals surface area contributed by atoms with Gasteiger partial charge >= 0.3 is 5.97 Å². The van der Waals surface area contributed by atoms with Crippen LogP contribution in [0.1, 0.15) is 44.2 Å². The van der Waals surface area contributed by atoms with Crippen molar-refractivity contribution in [2.45, 2.75) is 44.7 Å². The fourth-order valence-corrected chi connectivity index (χ4v) is 6.28. The number of carboxylic acids is 1. The van der Waals surface area contributed by atoms with Crippen molar-refractivity contribution in [3.63, 3.8) is 0 Å². The molecule has 1 aliphatic carbocycles. The molecule has 1 aromatic heterocycles. The number of nitrogens with zero attached hydrogens (tertiary/aromatic N) is 4. The van der Waals surface area contributed by atoms with Crippen molar-refractivity contribution in [1.82, 2.24) is 14.9 Å². The number of nitrogens with one attached hydrogen (secondary N) is 1. The Morgan fingerprint density at radius 2 is 1.91 bits per heavy atom. The largest absolute Gasteiger partial charge is 0.481 e. The Bertz CT molecular complexity index is 1090. The van der Waals surface area contributed by atoms with E-state index in [0.717, 1.165) is 44.6 Å². The molecular weight excluding hydrogens is 509 g/mol. The van der Waals surface area contributed by atoms with Gasteiger partial charge in [-0.05, 0) is 68.7 Å². The third kappa shape index (κ3) is 5.33. The van der Waals surface area contributed by atoms with Crippen molar-refractivity contribution < 1.29 is 9.90 Å². The van der Waals surface area contributed by atoms with E-state index in [-0.39, 0.29) is 12.0 Å². The first kappa shape index (κ1) is 24.9. The number of aromatic nitrogens is 2. The van der Waals surface area contributed by atoms with Crippen LogP contribution in [-0.4, -0.2) is 58.2 Å². The summed E-state index contributed by atoms with van der Waals surface area (Å²) in [5.41, 5.74) is 0.916. The maximum absolute atomic E-state index is 11.2. The average molecular weight is 539 g/mol. The van der Waals surface area contributed by atoms with E-state index in [1.807, 2.05) is 19.1 Å². The zero-order valence-corrected chi connectivity index (χ0v) is 21.9. The fourth-order valence-electron chi connectivity index (χ4n) is 5.57. The first-order chi connectivity index (χ1) is 16.8. The summed E-state index contributed by atoms with van der Waals surface area (Å²) in [6.07, 6.45) is 5.66. The summed E-state index contributed by atoms with van der Waals surface area (Å²) in [5.74, 6) is 1.71. The van der Waals surface area contributed by atoms with Crippen molar-refractivity contribution >= 4 is 52.5 Å². The molecule has 1 saturated carbocycles. The molecule has 2 aliphatic heterocycles. The van der Waals surface area contributed by atoms with Crippen LogP contribution < -0.4 is 10.2 Å². The third-order valence-corrected chi connectivity index (χ3v) is 8.68. The second kappa shape index (κ2) is 10.3. The van der Waals surface area contributed by atoms with E-state index in [9.17, 15) is 9.90 Å². The van der Waals surface area contributed by atoms with Crippen molar-refractivity contribution in [2.75, 3.05) is 36.4 Å². The first-order valence-electron chi connectivity index (χ1n) is 12.2. The van der Waals surface area contributed by atoms with Gasteiger partial charge in [0.15, 0.2) is 5.82 Å². The van der Waals surface area contributed by atoms with Crippen LogP contribution in [0.15, 0.2) is 24.4 Å². The topological polar surface area (TPSA) is 81.6 Å². The number of anilines is 2. The summed E-state index contributed by atoms with van der Waals surface area (Å²) >= 11 is 18.8. The number of halogens is 3. The summed E-state index contributed by atoms with van der Waals surface area (Å²) in [6.45, 7) is 6.03. The molecule has 3 aliphatic rings. The minimum atomic E-state index is -0.646. The normalized spacial score (nSPS) is 26.1. The Morgan fingerprint density at radius 1 is 1.14 bits per heavy atom. The highest BCUT2D eigenvalue weighted by atomic mass is 35.5. The molecule has 0 radical (unpaired) electrons. The lowest BCUT2D eigenvalue weighted by molar-refractivity contribution is -0.147. The van der Waals surface area contributed by atoms with Gasteiger partial charge in [-0.2, -0.15) is 4.98 Å². The second-order valence-electron chi connectivity index (χ2n) is 10.1. The summed E-state index contributed by atoms with van der Waals surface area (Å²) in [4.78, 5) is 25.1. The van der Waals surface area contributed by atoms with Gasteiger partial charge in [-0.1, -0.05) is 40.9 Å². The Labute approximate surface area is 220 Å². The number of piperidine rings is 1. The molecule has 0 bridgehead atoms. The summed E-state index contributed by atoms with van der Waals surface area (Å²) in [6, 6.07) is 5.78. The molecule has 1 aromatic carbocycles. The number of hydrogen-bond acceptors (Lipinski definition) is 6. The Hall–Kier alpha value is -1.80. The second-order valence-corrected chi connectivity index (χ2v) is 11.4. The Kier molecular flexibility index (Phi) is 7.31. The Morgan fingerprint density at radius 3 is 2.63 bits per heavy atom. The summed E-state index contributed by atoms with van der Waals surface area (Å²) in [5, 5.41) is 14.2. The van der Waals surface area contributed by atoms with Gasteiger partial charge in [-0.3, -0.25) is 4.79 Å². The number of benzene rings is 1. The molecule has 2 N–H and O–H groups in total. The Balaban J connectivity index is 1.17. The predicted molar refractivity (Wildman–Crippen MR) is 140 cm³/mol.